The Morgan fingerprint density at radius 1 is 1.25 bits per heavy atom. The number of anilines is 1. The van der Waals surface area contributed by atoms with Crippen molar-refractivity contribution in [2.45, 2.75) is 6.92 Å². The molecule has 0 aliphatic rings. The maximum absolute atomic E-state index is 12.3. The molecule has 120 valence electrons. The predicted molar refractivity (Wildman–Crippen MR) is 93.5 cm³/mol. The number of hydrogen-bond acceptors (Lipinski definition) is 5. The molecule has 1 aromatic heterocycles. The Bertz CT molecular complexity index is 1030. The fourth-order valence-corrected chi connectivity index (χ4v) is 2.85. The number of fused-ring (bicyclic) bond motifs is 1. The average molecular weight is 320 g/mol. The summed E-state index contributed by atoms with van der Waals surface area (Å²) < 4.78 is 10.7. The van der Waals surface area contributed by atoms with Gasteiger partial charge in [0.2, 0.25) is 0 Å². The summed E-state index contributed by atoms with van der Waals surface area (Å²) in [6.45, 7) is 1.87. The van der Waals surface area contributed by atoms with Gasteiger partial charge >= 0.3 is 5.63 Å². The lowest BCUT2D eigenvalue weighted by atomic mass is 9.96. The number of rotatable bonds is 3. The van der Waals surface area contributed by atoms with Crippen LogP contribution in [-0.2, 0) is 0 Å². The number of methoxy groups -OCH3 is 1. The molecule has 3 aromatic rings. The molecule has 5 nitrogen and oxygen atoms in total. The fourth-order valence-electron chi connectivity index (χ4n) is 2.85. The van der Waals surface area contributed by atoms with Crippen LogP contribution in [0.15, 0.2) is 45.6 Å². The molecule has 0 fully saturated rings. The molecule has 0 spiro atoms. The van der Waals surface area contributed by atoms with Crippen molar-refractivity contribution < 1.29 is 9.15 Å². The van der Waals surface area contributed by atoms with Gasteiger partial charge in [-0.2, -0.15) is 5.26 Å². The van der Waals surface area contributed by atoms with Crippen molar-refractivity contribution in [2.75, 3.05) is 19.5 Å². The van der Waals surface area contributed by atoms with Gasteiger partial charge in [0.15, 0.2) is 0 Å². The van der Waals surface area contributed by atoms with Crippen LogP contribution in [0.2, 0.25) is 0 Å². The van der Waals surface area contributed by atoms with Gasteiger partial charge in [-0.15, -0.1) is 0 Å². The molecule has 0 saturated carbocycles. The topological polar surface area (TPSA) is 75.3 Å². The smallest absolute Gasteiger partial charge is 0.354 e. The first-order valence-electron chi connectivity index (χ1n) is 7.43. The van der Waals surface area contributed by atoms with Gasteiger partial charge in [0, 0.05) is 29.2 Å². The van der Waals surface area contributed by atoms with Gasteiger partial charge in [0.05, 0.1) is 7.11 Å². The van der Waals surface area contributed by atoms with Crippen molar-refractivity contribution in [3.8, 4) is 22.9 Å². The second-order valence-corrected chi connectivity index (χ2v) is 5.35. The first-order chi connectivity index (χ1) is 11.6. The van der Waals surface area contributed by atoms with Crippen molar-refractivity contribution in [1.82, 2.24) is 0 Å². The summed E-state index contributed by atoms with van der Waals surface area (Å²) in [6, 6.07) is 13.0. The number of aryl methyl sites for hydroxylation is 1. The predicted octanol–water partition coefficient (Wildman–Crippen LogP) is 3.69. The Hall–Kier alpha value is -3.26. The highest BCUT2D eigenvalue weighted by Gasteiger charge is 2.18. The number of benzene rings is 2. The highest BCUT2D eigenvalue weighted by molar-refractivity contribution is 5.99. The second kappa shape index (κ2) is 6.09. The van der Waals surface area contributed by atoms with E-state index in [0.29, 0.717) is 16.9 Å². The monoisotopic (exact) mass is 320 g/mol. The first-order valence-corrected chi connectivity index (χ1v) is 7.43. The summed E-state index contributed by atoms with van der Waals surface area (Å²) in [6.07, 6.45) is 0. The van der Waals surface area contributed by atoms with E-state index in [1.165, 1.54) is 0 Å². The van der Waals surface area contributed by atoms with Crippen molar-refractivity contribution in [3.05, 3.63) is 57.9 Å². The Kier molecular flexibility index (Phi) is 3.97. The number of ether oxygens (including phenoxy) is 1. The van der Waals surface area contributed by atoms with Crippen molar-refractivity contribution >= 4 is 16.7 Å². The van der Waals surface area contributed by atoms with Crippen molar-refractivity contribution in [3.63, 3.8) is 0 Å². The summed E-state index contributed by atoms with van der Waals surface area (Å²) in [5.74, 6) is 0.654. The zero-order valence-electron chi connectivity index (χ0n) is 13.6. The van der Waals surface area contributed by atoms with Crippen LogP contribution >= 0.6 is 0 Å². The number of nitriles is 1. The lowest BCUT2D eigenvalue weighted by Gasteiger charge is -2.12. The zero-order chi connectivity index (χ0) is 17.3. The van der Waals surface area contributed by atoms with Crippen molar-refractivity contribution in [1.29, 1.82) is 5.26 Å². The van der Waals surface area contributed by atoms with E-state index in [1.807, 2.05) is 43.3 Å². The van der Waals surface area contributed by atoms with Crippen LogP contribution in [0, 0.1) is 18.3 Å². The third-order valence-corrected chi connectivity index (χ3v) is 4.06. The standard InChI is InChI=1S/C19H16N2O3/c1-11-16(21-2)8-7-14-17(12-5-4-6-13(9-12)23-3)15(10-20)19(22)24-18(11)14/h4-9,21H,1-3H3. The molecular weight excluding hydrogens is 304 g/mol. The second-order valence-electron chi connectivity index (χ2n) is 5.35. The maximum Gasteiger partial charge on any atom is 0.354 e. The number of nitrogens with one attached hydrogen (secondary N) is 1. The average Bonchev–Trinajstić information content (AvgIpc) is 2.61. The van der Waals surface area contributed by atoms with Gasteiger partial charge in [-0.1, -0.05) is 12.1 Å². The highest BCUT2D eigenvalue weighted by Crippen LogP contribution is 2.35. The molecule has 0 bridgehead atoms. The van der Waals surface area contributed by atoms with E-state index < -0.39 is 5.63 Å². The van der Waals surface area contributed by atoms with Gasteiger partial charge in [-0.3, -0.25) is 0 Å². The lowest BCUT2D eigenvalue weighted by molar-refractivity contribution is 0.415. The third-order valence-electron chi connectivity index (χ3n) is 4.06. The molecular formula is C19H16N2O3. The molecule has 0 radical (unpaired) electrons. The van der Waals surface area contributed by atoms with E-state index >= 15 is 0 Å². The van der Waals surface area contributed by atoms with E-state index in [9.17, 15) is 10.1 Å². The van der Waals surface area contributed by atoms with Gasteiger partial charge in [0.25, 0.3) is 0 Å². The number of hydrogen-bond donors (Lipinski definition) is 1. The summed E-state index contributed by atoms with van der Waals surface area (Å²) in [5, 5.41) is 13.2. The van der Waals surface area contributed by atoms with Crippen LogP contribution in [0.4, 0.5) is 5.69 Å². The summed E-state index contributed by atoms with van der Waals surface area (Å²) >= 11 is 0. The lowest BCUT2D eigenvalue weighted by Crippen LogP contribution is -2.08. The molecule has 24 heavy (non-hydrogen) atoms. The van der Waals surface area contributed by atoms with Crippen LogP contribution in [-0.4, -0.2) is 14.2 Å². The van der Waals surface area contributed by atoms with Crippen LogP contribution < -0.4 is 15.7 Å². The highest BCUT2D eigenvalue weighted by atomic mass is 16.5. The van der Waals surface area contributed by atoms with Crippen LogP contribution in [0.5, 0.6) is 5.75 Å². The van der Waals surface area contributed by atoms with Gasteiger partial charge in [-0.25, -0.2) is 4.79 Å². The normalized spacial score (nSPS) is 10.4. The van der Waals surface area contributed by atoms with Crippen LogP contribution in [0.1, 0.15) is 11.1 Å². The molecule has 0 unspecified atom stereocenters. The molecule has 3 rings (SSSR count). The van der Waals surface area contributed by atoms with Gasteiger partial charge in [-0.05, 0) is 36.8 Å². The molecule has 5 heteroatoms. The summed E-state index contributed by atoms with van der Waals surface area (Å²) in [5.41, 5.74) is 2.82. The van der Waals surface area contributed by atoms with E-state index in [-0.39, 0.29) is 5.56 Å². The minimum Gasteiger partial charge on any atom is -0.497 e. The van der Waals surface area contributed by atoms with E-state index in [1.54, 1.807) is 20.2 Å². The molecule has 0 aliphatic carbocycles. The van der Waals surface area contributed by atoms with Crippen molar-refractivity contribution in [2.24, 2.45) is 0 Å². The number of nitrogens with zero attached hydrogens (tertiary/aromatic N) is 1. The third kappa shape index (κ3) is 2.38. The largest absolute Gasteiger partial charge is 0.497 e. The Morgan fingerprint density at radius 3 is 2.71 bits per heavy atom. The van der Waals surface area contributed by atoms with E-state index in [0.717, 1.165) is 22.2 Å². The molecule has 0 atom stereocenters. The van der Waals surface area contributed by atoms with Gasteiger partial charge < -0.3 is 14.5 Å². The minimum absolute atomic E-state index is 0.00707. The quantitative estimate of drug-likeness (QED) is 0.745. The molecule has 1 N–H and O–H groups in total. The van der Waals surface area contributed by atoms with Crippen LogP contribution in [0.3, 0.4) is 0 Å². The Balaban J connectivity index is 2.47. The summed E-state index contributed by atoms with van der Waals surface area (Å²) in [7, 11) is 3.38. The molecule has 0 saturated heterocycles. The van der Waals surface area contributed by atoms with E-state index in [4.69, 9.17) is 9.15 Å². The van der Waals surface area contributed by atoms with E-state index in [2.05, 4.69) is 5.32 Å². The Labute approximate surface area is 139 Å². The first kappa shape index (κ1) is 15.6. The SMILES string of the molecule is CNc1ccc2c(-c3cccc(OC)c3)c(C#N)c(=O)oc2c1C. The molecule has 0 aliphatic heterocycles. The van der Waals surface area contributed by atoms with Crippen LogP contribution in [0.25, 0.3) is 22.1 Å². The molecule has 0 amide bonds. The fraction of sp³-hybridized carbons (Fsp3) is 0.158. The maximum atomic E-state index is 12.3. The molecule has 1 heterocycles. The zero-order valence-corrected chi connectivity index (χ0v) is 13.6. The van der Waals surface area contributed by atoms with Gasteiger partial charge in [0.1, 0.15) is 23.0 Å². The minimum atomic E-state index is -0.640. The summed E-state index contributed by atoms with van der Waals surface area (Å²) in [4.78, 5) is 12.3. The Morgan fingerprint density at radius 2 is 2.04 bits per heavy atom. The molecule has 2 aromatic carbocycles.